The Hall–Kier alpha value is -1.21. The summed E-state index contributed by atoms with van der Waals surface area (Å²) in [5, 5.41) is 20.9. The number of benzene rings is 1. The second kappa shape index (κ2) is 12.2. The van der Waals surface area contributed by atoms with E-state index < -0.39 is 0 Å². The SMILES string of the molecule is OCCCCCCNN(CCCCCCO)c1nc2ccccc2s1. The van der Waals surface area contributed by atoms with Gasteiger partial charge in [0, 0.05) is 26.3 Å². The highest BCUT2D eigenvalue weighted by molar-refractivity contribution is 7.22. The first-order valence-corrected chi connectivity index (χ1v) is 10.2. The molecule has 0 radical (unpaired) electrons. The van der Waals surface area contributed by atoms with Gasteiger partial charge in [-0.05, 0) is 37.8 Å². The van der Waals surface area contributed by atoms with Crippen molar-refractivity contribution in [3.8, 4) is 0 Å². The Morgan fingerprint density at radius 1 is 0.880 bits per heavy atom. The second-order valence-corrected chi connectivity index (χ2v) is 7.31. The van der Waals surface area contributed by atoms with E-state index in [1.165, 1.54) is 4.70 Å². The molecule has 0 fully saturated rings. The van der Waals surface area contributed by atoms with Crippen molar-refractivity contribution < 1.29 is 10.2 Å². The lowest BCUT2D eigenvalue weighted by Gasteiger charge is -2.22. The van der Waals surface area contributed by atoms with Crippen LogP contribution in [-0.2, 0) is 0 Å². The fourth-order valence-corrected chi connectivity index (χ4v) is 3.73. The highest BCUT2D eigenvalue weighted by Gasteiger charge is 2.11. The van der Waals surface area contributed by atoms with E-state index >= 15 is 0 Å². The van der Waals surface area contributed by atoms with Crippen LogP contribution in [-0.4, -0.2) is 41.5 Å². The van der Waals surface area contributed by atoms with Crippen LogP contribution in [0.15, 0.2) is 24.3 Å². The Labute approximate surface area is 154 Å². The Bertz CT molecular complexity index is 558. The van der Waals surface area contributed by atoms with E-state index in [9.17, 15) is 0 Å². The van der Waals surface area contributed by atoms with E-state index in [1.54, 1.807) is 11.3 Å². The fraction of sp³-hybridized carbons (Fsp3) is 0.632. The lowest BCUT2D eigenvalue weighted by atomic mass is 10.2. The van der Waals surface area contributed by atoms with Crippen LogP contribution >= 0.6 is 11.3 Å². The first kappa shape index (κ1) is 20.1. The summed E-state index contributed by atoms with van der Waals surface area (Å²) in [7, 11) is 0. The molecule has 0 saturated carbocycles. The maximum atomic E-state index is 8.89. The van der Waals surface area contributed by atoms with Gasteiger partial charge in [0.15, 0.2) is 0 Å². The van der Waals surface area contributed by atoms with E-state index in [0.717, 1.165) is 75.1 Å². The molecule has 0 aliphatic carbocycles. The van der Waals surface area contributed by atoms with Crippen LogP contribution in [0.25, 0.3) is 10.2 Å². The third-order valence-corrected chi connectivity index (χ3v) is 5.25. The molecular formula is C19H31N3O2S. The quantitative estimate of drug-likeness (QED) is 0.352. The normalized spacial score (nSPS) is 11.3. The Kier molecular flexibility index (Phi) is 9.81. The van der Waals surface area contributed by atoms with Gasteiger partial charge in [-0.1, -0.05) is 49.2 Å². The molecule has 0 aliphatic heterocycles. The third-order valence-electron chi connectivity index (χ3n) is 4.19. The molecule has 1 aromatic heterocycles. The minimum absolute atomic E-state index is 0.285. The van der Waals surface area contributed by atoms with Crippen molar-refractivity contribution in [1.29, 1.82) is 0 Å². The molecule has 25 heavy (non-hydrogen) atoms. The zero-order valence-electron chi connectivity index (χ0n) is 15.0. The first-order chi connectivity index (χ1) is 12.3. The summed E-state index contributed by atoms with van der Waals surface area (Å²) in [4.78, 5) is 4.77. The maximum Gasteiger partial charge on any atom is 0.200 e. The van der Waals surface area contributed by atoms with Crippen molar-refractivity contribution in [2.75, 3.05) is 31.3 Å². The average Bonchev–Trinajstić information content (AvgIpc) is 3.06. The Morgan fingerprint density at radius 2 is 1.56 bits per heavy atom. The molecule has 3 N–H and O–H groups in total. The number of hydrazine groups is 1. The van der Waals surface area contributed by atoms with Crippen LogP contribution in [0.3, 0.4) is 0 Å². The van der Waals surface area contributed by atoms with Crippen LogP contribution < -0.4 is 10.4 Å². The van der Waals surface area contributed by atoms with Crippen molar-refractivity contribution in [3.63, 3.8) is 0 Å². The third kappa shape index (κ3) is 7.28. The predicted octanol–water partition coefficient (Wildman–Crippen LogP) is 3.71. The molecule has 0 amide bonds. The highest BCUT2D eigenvalue weighted by atomic mass is 32.1. The van der Waals surface area contributed by atoms with Crippen molar-refractivity contribution in [2.45, 2.75) is 51.4 Å². The number of aliphatic hydroxyl groups excluding tert-OH is 2. The average molecular weight is 366 g/mol. The predicted molar refractivity (Wildman–Crippen MR) is 106 cm³/mol. The molecule has 5 nitrogen and oxygen atoms in total. The van der Waals surface area contributed by atoms with Gasteiger partial charge in [0.25, 0.3) is 0 Å². The zero-order chi connectivity index (χ0) is 17.7. The lowest BCUT2D eigenvalue weighted by Crippen LogP contribution is -2.39. The van der Waals surface area contributed by atoms with Gasteiger partial charge < -0.3 is 10.2 Å². The molecule has 0 aliphatic rings. The number of aromatic nitrogens is 1. The molecule has 0 spiro atoms. The summed E-state index contributed by atoms with van der Waals surface area (Å²) in [6.45, 7) is 2.44. The number of fused-ring (bicyclic) bond motifs is 1. The maximum absolute atomic E-state index is 8.89. The van der Waals surface area contributed by atoms with Crippen LogP contribution in [0.5, 0.6) is 0 Å². The number of aliphatic hydroxyl groups is 2. The molecular weight excluding hydrogens is 334 g/mol. The highest BCUT2D eigenvalue weighted by Crippen LogP contribution is 2.28. The van der Waals surface area contributed by atoms with Gasteiger partial charge >= 0.3 is 0 Å². The van der Waals surface area contributed by atoms with Gasteiger partial charge in [-0.25, -0.2) is 10.4 Å². The summed E-state index contributed by atoms with van der Waals surface area (Å²) in [5.74, 6) is 0. The molecule has 140 valence electrons. The monoisotopic (exact) mass is 365 g/mol. The van der Waals surface area contributed by atoms with Gasteiger partial charge in [-0.15, -0.1) is 0 Å². The zero-order valence-corrected chi connectivity index (χ0v) is 15.8. The largest absolute Gasteiger partial charge is 0.396 e. The van der Waals surface area contributed by atoms with Gasteiger partial charge in [0.1, 0.15) is 0 Å². The van der Waals surface area contributed by atoms with Gasteiger partial charge in [0.2, 0.25) is 5.13 Å². The van der Waals surface area contributed by atoms with E-state index in [-0.39, 0.29) is 6.61 Å². The lowest BCUT2D eigenvalue weighted by molar-refractivity contribution is 0.282. The number of anilines is 1. The molecule has 6 heteroatoms. The fourth-order valence-electron chi connectivity index (χ4n) is 2.76. The second-order valence-electron chi connectivity index (χ2n) is 6.30. The summed E-state index contributed by atoms with van der Waals surface area (Å²) in [6, 6.07) is 8.26. The number of thiazole rings is 1. The molecule has 0 unspecified atom stereocenters. The number of rotatable bonds is 14. The van der Waals surface area contributed by atoms with Crippen LogP contribution in [0.1, 0.15) is 51.4 Å². The molecule has 1 aromatic carbocycles. The van der Waals surface area contributed by atoms with Crippen LogP contribution in [0.2, 0.25) is 0 Å². The number of unbranched alkanes of at least 4 members (excludes halogenated alkanes) is 6. The first-order valence-electron chi connectivity index (χ1n) is 9.43. The van der Waals surface area contributed by atoms with E-state index in [2.05, 4.69) is 28.6 Å². The summed E-state index contributed by atoms with van der Waals surface area (Å²) in [6.07, 6.45) is 8.40. The molecule has 0 bridgehead atoms. The van der Waals surface area contributed by atoms with Crippen molar-refractivity contribution in [3.05, 3.63) is 24.3 Å². The number of para-hydroxylation sites is 1. The van der Waals surface area contributed by atoms with Crippen molar-refractivity contribution in [2.24, 2.45) is 0 Å². The Balaban J connectivity index is 1.86. The minimum atomic E-state index is 0.285. The number of hydrogen-bond acceptors (Lipinski definition) is 6. The van der Waals surface area contributed by atoms with E-state index in [0.29, 0.717) is 6.61 Å². The van der Waals surface area contributed by atoms with Crippen molar-refractivity contribution >= 4 is 26.7 Å². The van der Waals surface area contributed by atoms with Crippen molar-refractivity contribution in [1.82, 2.24) is 10.4 Å². The van der Waals surface area contributed by atoms with Crippen LogP contribution in [0, 0.1) is 0 Å². The molecule has 0 saturated heterocycles. The van der Waals surface area contributed by atoms with Crippen LogP contribution in [0.4, 0.5) is 5.13 Å². The molecule has 0 atom stereocenters. The molecule has 2 aromatic rings. The molecule has 2 rings (SSSR count). The smallest absolute Gasteiger partial charge is 0.200 e. The number of nitrogens with zero attached hydrogens (tertiary/aromatic N) is 2. The van der Waals surface area contributed by atoms with Gasteiger partial charge in [0.05, 0.1) is 10.2 Å². The minimum Gasteiger partial charge on any atom is -0.396 e. The Morgan fingerprint density at radius 3 is 2.28 bits per heavy atom. The summed E-state index contributed by atoms with van der Waals surface area (Å²) < 4.78 is 1.22. The summed E-state index contributed by atoms with van der Waals surface area (Å²) in [5.41, 5.74) is 4.59. The van der Waals surface area contributed by atoms with E-state index in [1.807, 2.05) is 6.07 Å². The standard InChI is InChI=1S/C19H31N3O2S/c23-15-9-3-1-7-13-20-22(14-8-2-4-10-16-24)19-21-17-11-5-6-12-18(17)25-19/h5-6,11-12,20,23-24H,1-4,7-10,13-16H2. The topological polar surface area (TPSA) is 68.6 Å². The number of nitrogens with one attached hydrogen (secondary N) is 1. The van der Waals surface area contributed by atoms with Gasteiger partial charge in [-0.2, -0.15) is 0 Å². The summed E-state index contributed by atoms with van der Waals surface area (Å²) >= 11 is 1.72. The van der Waals surface area contributed by atoms with E-state index in [4.69, 9.17) is 15.2 Å². The van der Waals surface area contributed by atoms with Gasteiger partial charge in [-0.3, -0.25) is 5.01 Å². The number of hydrogen-bond donors (Lipinski definition) is 3. The molecule has 1 heterocycles.